The molecule has 5 nitrogen and oxygen atoms in total. The van der Waals surface area contributed by atoms with Gasteiger partial charge in [0, 0.05) is 5.56 Å². The lowest BCUT2D eigenvalue weighted by atomic mass is 10.0. The molecule has 2 heterocycles. The van der Waals surface area contributed by atoms with Gasteiger partial charge in [0.25, 0.3) is 0 Å². The minimum Gasteiger partial charge on any atom is -0.496 e. The van der Waals surface area contributed by atoms with Crippen molar-refractivity contribution in [1.82, 2.24) is 0 Å². The number of ether oxygens (including phenoxy) is 5. The summed E-state index contributed by atoms with van der Waals surface area (Å²) in [5.41, 5.74) is 1.03. The zero-order valence-corrected chi connectivity index (χ0v) is 15.7. The average Bonchev–Trinajstić information content (AvgIpc) is 3.12. The Morgan fingerprint density at radius 2 is 1.96 bits per heavy atom. The van der Waals surface area contributed by atoms with Crippen LogP contribution in [0.2, 0.25) is 0 Å². The summed E-state index contributed by atoms with van der Waals surface area (Å²) in [6.45, 7) is 6.67. The molecule has 25 heavy (non-hydrogen) atoms. The molecule has 140 valence electrons. The first kappa shape index (κ1) is 18.6. The standard InChI is InChI=1S/C20H30O5/c1-5-7-11-16-17(18-19(23-16)25-20(3,6-2)24-18)22-13-14-10-8-9-12-15(14)21-4/h8-10,12,16-19H,5-7,11,13H2,1-4H3/t16-,17+,18-,19-,20?/m1/s1. The van der Waals surface area contributed by atoms with Gasteiger partial charge in [-0.05, 0) is 25.8 Å². The summed E-state index contributed by atoms with van der Waals surface area (Å²) in [6.07, 6.45) is 3.32. The summed E-state index contributed by atoms with van der Waals surface area (Å²) in [5.74, 6) is 0.252. The monoisotopic (exact) mass is 350 g/mol. The first-order valence-corrected chi connectivity index (χ1v) is 9.34. The topological polar surface area (TPSA) is 46.2 Å². The Kier molecular flexibility index (Phi) is 6.00. The molecule has 1 aromatic rings. The van der Waals surface area contributed by atoms with Crippen LogP contribution >= 0.6 is 0 Å². The third-order valence-electron chi connectivity index (χ3n) is 5.13. The Morgan fingerprint density at radius 3 is 2.68 bits per heavy atom. The van der Waals surface area contributed by atoms with Crippen molar-refractivity contribution in [2.75, 3.05) is 7.11 Å². The Labute approximate surface area is 150 Å². The predicted molar refractivity (Wildman–Crippen MR) is 94.4 cm³/mol. The van der Waals surface area contributed by atoms with E-state index in [0.717, 1.165) is 37.0 Å². The van der Waals surface area contributed by atoms with Gasteiger partial charge in [0.1, 0.15) is 18.0 Å². The molecule has 0 N–H and O–H groups in total. The summed E-state index contributed by atoms with van der Waals surface area (Å²) in [7, 11) is 1.68. The van der Waals surface area contributed by atoms with Crippen LogP contribution in [-0.4, -0.2) is 37.5 Å². The van der Waals surface area contributed by atoms with Crippen LogP contribution < -0.4 is 4.74 Å². The maximum absolute atomic E-state index is 6.28. The lowest BCUT2D eigenvalue weighted by molar-refractivity contribution is -0.229. The van der Waals surface area contributed by atoms with Crippen LogP contribution in [0.5, 0.6) is 5.75 Å². The van der Waals surface area contributed by atoms with Gasteiger partial charge in [-0.15, -0.1) is 0 Å². The summed E-state index contributed by atoms with van der Waals surface area (Å²) < 4.78 is 30.0. The van der Waals surface area contributed by atoms with Crippen molar-refractivity contribution in [1.29, 1.82) is 0 Å². The largest absolute Gasteiger partial charge is 0.496 e. The maximum Gasteiger partial charge on any atom is 0.190 e. The molecule has 2 aliphatic heterocycles. The van der Waals surface area contributed by atoms with Crippen molar-refractivity contribution in [2.24, 2.45) is 0 Å². The highest BCUT2D eigenvalue weighted by Crippen LogP contribution is 2.41. The zero-order valence-electron chi connectivity index (χ0n) is 15.7. The number of para-hydroxylation sites is 1. The first-order valence-electron chi connectivity index (χ1n) is 9.34. The first-order chi connectivity index (χ1) is 12.1. The van der Waals surface area contributed by atoms with Gasteiger partial charge in [-0.3, -0.25) is 0 Å². The smallest absolute Gasteiger partial charge is 0.190 e. The second-order valence-corrected chi connectivity index (χ2v) is 6.96. The Bertz CT molecular complexity index is 563. The van der Waals surface area contributed by atoms with Gasteiger partial charge in [-0.1, -0.05) is 44.9 Å². The van der Waals surface area contributed by atoms with Crippen LogP contribution in [0.4, 0.5) is 0 Å². The van der Waals surface area contributed by atoms with Crippen LogP contribution in [-0.2, 0) is 25.6 Å². The van der Waals surface area contributed by atoms with Gasteiger partial charge in [-0.25, -0.2) is 0 Å². The molecule has 0 saturated carbocycles. The highest BCUT2D eigenvalue weighted by molar-refractivity contribution is 5.32. The molecule has 0 radical (unpaired) electrons. The molecule has 0 bridgehead atoms. The normalized spacial score (nSPS) is 34.2. The highest BCUT2D eigenvalue weighted by atomic mass is 16.8. The van der Waals surface area contributed by atoms with Crippen LogP contribution in [0.15, 0.2) is 24.3 Å². The Hall–Kier alpha value is -1.14. The molecule has 2 aliphatic rings. The number of hydrogen-bond acceptors (Lipinski definition) is 5. The summed E-state index contributed by atoms with van der Waals surface area (Å²) in [4.78, 5) is 0. The minimum atomic E-state index is -0.586. The highest BCUT2D eigenvalue weighted by Gasteiger charge is 2.55. The van der Waals surface area contributed by atoms with Gasteiger partial charge in [0.2, 0.25) is 0 Å². The van der Waals surface area contributed by atoms with Gasteiger partial charge < -0.3 is 23.7 Å². The summed E-state index contributed by atoms with van der Waals surface area (Å²) in [5, 5.41) is 0. The van der Waals surface area contributed by atoms with Gasteiger partial charge >= 0.3 is 0 Å². The fraction of sp³-hybridized carbons (Fsp3) is 0.700. The van der Waals surface area contributed by atoms with E-state index in [0.29, 0.717) is 6.61 Å². The quantitative estimate of drug-likeness (QED) is 0.708. The van der Waals surface area contributed by atoms with Crippen LogP contribution in [0.1, 0.15) is 52.0 Å². The van der Waals surface area contributed by atoms with Gasteiger partial charge in [-0.2, -0.15) is 0 Å². The Balaban J connectivity index is 1.70. The number of rotatable bonds is 8. The van der Waals surface area contributed by atoms with E-state index in [4.69, 9.17) is 23.7 Å². The summed E-state index contributed by atoms with van der Waals surface area (Å²) >= 11 is 0. The molecule has 3 rings (SSSR count). The third-order valence-corrected chi connectivity index (χ3v) is 5.13. The number of hydrogen-bond donors (Lipinski definition) is 0. The van der Waals surface area contributed by atoms with E-state index in [1.165, 1.54) is 0 Å². The molecule has 5 heteroatoms. The van der Waals surface area contributed by atoms with E-state index in [2.05, 4.69) is 13.8 Å². The van der Waals surface area contributed by atoms with E-state index in [-0.39, 0.29) is 24.6 Å². The molecule has 0 aromatic heterocycles. The van der Waals surface area contributed by atoms with Crippen molar-refractivity contribution in [3.05, 3.63) is 29.8 Å². The maximum atomic E-state index is 6.28. The van der Waals surface area contributed by atoms with E-state index in [1.54, 1.807) is 7.11 Å². The molecule has 0 spiro atoms. The van der Waals surface area contributed by atoms with Crippen LogP contribution in [0, 0.1) is 0 Å². The van der Waals surface area contributed by atoms with Crippen molar-refractivity contribution >= 4 is 0 Å². The molecule has 5 atom stereocenters. The molecule has 0 amide bonds. The lowest BCUT2D eigenvalue weighted by Gasteiger charge is -2.27. The van der Waals surface area contributed by atoms with Gasteiger partial charge in [0.15, 0.2) is 12.1 Å². The van der Waals surface area contributed by atoms with E-state index in [9.17, 15) is 0 Å². The van der Waals surface area contributed by atoms with E-state index in [1.807, 2.05) is 31.2 Å². The van der Waals surface area contributed by atoms with Crippen molar-refractivity contribution in [3.8, 4) is 5.75 Å². The second-order valence-electron chi connectivity index (χ2n) is 6.96. The lowest BCUT2D eigenvalue weighted by Crippen LogP contribution is -2.37. The molecule has 1 aromatic carbocycles. The van der Waals surface area contributed by atoms with Crippen LogP contribution in [0.3, 0.4) is 0 Å². The Morgan fingerprint density at radius 1 is 1.16 bits per heavy atom. The van der Waals surface area contributed by atoms with Crippen LogP contribution in [0.25, 0.3) is 0 Å². The predicted octanol–water partition coefficient (Wildman–Crippen LogP) is 4.04. The number of benzene rings is 1. The number of methoxy groups -OCH3 is 1. The van der Waals surface area contributed by atoms with E-state index >= 15 is 0 Å². The molecule has 2 saturated heterocycles. The zero-order chi connectivity index (χ0) is 17.9. The van der Waals surface area contributed by atoms with Crippen molar-refractivity contribution < 1.29 is 23.7 Å². The molecule has 2 fully saturated rings. The SMILES string of the molecule is CCCC[C@H]1O[C@@H]2OC(C)(CC)O[C@@H]2[C@H]1OCc1ccccc1OC. The molecular weight excluding hydrogens is 320 g/mol. The minimum absolute atomic E-state index is 0.00561. The van der Waals surface area contributed by atoms with Crippen molar-refractivity contribution in [2.45, 2.75) is 83.5 Å². The van der Waals surface area contributed by atoms with E-state index < -0.39 is 5.79 Å². The summed E-state index contributed by atoms with van der Waals surface area (Å²) in [6, 6.07) is 7.93. The third kappa shape index (κ3) is 4.00. The fourth-order valence-corrected chi connectivity index (χ4v) is 3.49. The fourth-order valence-electron chi connectivity index (χ4n) is 3.49. The second kappa shape index (κ2) is 8.04. The van der Waals surface area contributed by atoms with Crippen molar-refractivity contribution in [3.63, 3.8) is 0 Å². The molecule has 1 unspecified atom stereocenters. The number of unbranched alkanes of at least 4 members (excludes halogenated alkanes) is 1. The molecule has 0 aliphatic carbocycles. The number of fused-ring (bicyclic) bond motifs is 1. The van der Waals surface area contributed by atoms with Gasteiger partial charge in [0.05, 0.1) is 19.8 Å². The average molecular weight is 350 g/mol. The molecular formula is C20H30O5.